The SMILES string of the molecule is CN(C)Cc1ccc(C(C)(C)C)s1. The molecule has 0 unspecified atom stereocenters. The van der Waals surface area contributed by atoms with E-state index < -0.39 is 0 Å². The zero-order valence-electron chi connectivity index (χ0n) is 9.22. The van der Waals surface area contributed by atoms with Crippen molar-refractivity contribution in [2.24, 2.45) is 0 Å². The van der Waals surface area contributed by atoms with Gasteiger partial charge in [-0.1, -0.05) is 20.8 Å². The molecule has 0 bridgehead atoms. The average Bonchev–Trinajstić information content (AvgIpc) is 2.32. The van der Waals surface area contributed by atoms with Crippen LogP contribution >= 0.6 is 11.3 Å². The number of thiophene rings is 1. The largest absolute Gasteiger partial charge is 0.304 e. The second-order valence-corrected chi connectivity index (χ2v) is 5.92. The highest BCUT2D eigenvalue weighted by atomic mass is 32.1. The molecule has 74 valence electrons. The van der Waals surface area contributed by atoms with Gasteiger partial charge in [-0.2, -0.15) is 0 Å². The summed E-state index contributed by atoms with van der Waals surface area (Å²) in [6.45, 7) is 7.84. The van der Waals surface area contributed by atoms with E-state index in [1.165, 1.54) is 9.75 Å². The van der Waals surface area contributed by atoms with Crippen molar-refractivity contribution in [2.75, 3.05) is 14.1 Å². The van der Waals surface area contributed by atoms with E-state index in [-0.39, 0.29) is 0 Å². The lowest BCUT2D eigenvalue weighted by molar-refractivity contribution is 0.406. The Balaban J connectivity index is 2.75. The Morgan fingerprint density at radius 3 is 2.23 bits per heavy atom. The third kappa shape index (κ3) is 3.12. The summed E-state index contributed by atoms with van der Waals surface area (Å²) in [5.74, 6) is 0. The van der Waals surface area contributed by atoms with Crippen LogP contribution in [0.4, 0.5) is 0 Å². The minimum atomic E-state index is 0.301. The van der Waals surface area contributed by atoms with Crippen LogP contribution in [-0.4, -0.2) is 19.0 Å². The highest BCUT2D eigenvalue weighted by Gasteiger charge is 2.15. The summed E-state index contributed by atoms with van der Waals surface area (Å²) in [6, 6.07) is 4.49. The first-order valence-corrected chi connectivity index (χ1v) is 5.45. The Labute approximate surface area is 85.4 Å². The maximum absolute atomic E-state index is 2.26. The molecule has 0 aliphatic heterocycles. The van der Waals surface area contributed by atoms with Crippen LogP contribution < -0.4 is 0 Å². The fourth-order valence-electron chi connectivity index (χ4n) is 1.18. The quantitative estimate of drug-likeness (QED) is 0.704. The summed E-state index contributed by atoms with van der Waals surface area (Å²) in [6.07, 6.45) is 0. The van der Waals surface area contributed by atoms with Crippen molar-refractivity contribution in [1.29, 1.82) is 0 Å². The van der Waals surface area contributed by atoms with Gasteiger partial charge in [-0.05, 0) is 31.6 Å². The van der Waals surface area contributed by atoms with Gasteiger partial charge < -0.3 is 4.90 Å². The van der Waals surface area contributed by atoms with E-state index in [1.54, 1.807) is 0 Å². The van der Waals surface area contributed by atoms with Crippen molar-refractivity contribution in [3.8, 4) is 0 Å². The van der Waals surface area contributed by atoms with Gasteiger partial charge in [0, 0.05) is 16.3 Å². The van der Waals surface area contributed by atoms with Gasteiger partial charge in [-0.25, -0.2) is 0 Å². The van der Waals surface area contributed by atoms with Crippen molar-refractivity contribution in [1.82, 2.24) is 4.90 Å². The van der Waals surface area contributed by atoms with Crippen molar-refractivity contribution in [3.63, 3.8) is 0 Å². The molecular weight excluding hydrogens is 178 g/mol. The Morgan fingerprint density at radius 2 is 1.85 bits per heavy atom. The zero-order valence-corrected chi connectivity index (χ0v) is 10.0. The molecule has 13 heavy (non-hydrogen) atoms. The standard InChI is InChI=1S/C11H19NS/c1-11(2,3)10-7-6-9(13-10)8-12(4)5/h6-7H,8H2,1-5H3. The van der Waals surface area contributed by atoms with Crippen molar-refractivity contribution < 1.29 is 0 Å². The monoisotopic (exact) mass is 197 g/mol. The number of hydrogen-bond acceptors (Lipinski definition) is 2. The van der Waals surface area contributed by atoms with E-state index in [0.717, 1.165) is 6.54 Å². The van der Waals surface area contributed by atoms with Crippen LogP contribution in [0.15, 0.2) is 12.1 Å². The Morgan fingerprint density at radius 1 is 1.23 bits per heavy atom. The lowest BCUT2D eigenvalue weighted by atomic mass is 9.95. The Hall–Kier alpha value is -0.340. The lowest BCUT2D eigenvalue weighted by Gasteiger charge is -2.15. The van der Waals surface area contributed by atoms with E-state index in [9.17, 15) is 0 Å². The molecule has 1 heterocycles. The highest BCUT2D eigenvalue weighted by molar-refractivity contribution is 7.12. The van der Waals surface area contributed by atoms with Crippen LogP contribution in [0.5, 0.6) is 0 Å². The van der Waals surface area contributed by atoms with Crippen molar-refractivity contribution >= 4 is 11.3 Å². The van der Waals surface area contributed by atoms with Gasteiger partial charge in [0.1, 0.15) is 0 Å². The van der Waals surface area contributed by atoms with E-state index in [1.807, 2.05) is 11.3 Å². The highest BCUT2D eigenvalue weighted by Crippen LogP contribution is 2.29. The predicted molar refractivity (Wildman–Crippen MR) is 60.4 cm³/mol. The van der Waals surface area contributed by atoms with Gasteiger partial charge >= 0.3 is 0 Å². The molecule has 0 aromatic carbocycles. The Bertz CT molecular complexity index is 268. The summed E-state index contributed by atoms with van der Waals surface area (Å²) >= 11 is 1.93. The molecule has 1 rings (SSSR count). The number of nitrogens with zero attached hydrogens (tertiary/aromatic N) is 1. The van der Waals surface area contributed by atoms with Gasteiger partial charge in [0.2, 0.25) is 0 Å². The Kier molecular flexibility index (Phi) is 3.14. The fraction of sp³-hybridized carbons (Fsp3) is 0.636. The molecular formula is C11H19NS. The van der Waals surface area contributed by atoms with E-state index in [2.05, 4.69) is 51.9 Å². The van der Waals surface area contributed by atoms with Gasteiger partial charge in [-0.3, -0.25) is 0 Å². The topological polar surface area (TPSA) is 3.24 Å². The molecule has 0 fully saturated rings. The molecule has 0 aliphatic rings. The minimum absolute atomic E-state index is 0.301. The fourth-order valence-corrected chi connectivity index (χ4v) is 2.36. The van der Waals surface area contributed by atoms with Crippen LogP contribution in [0.2, 0.25) is 0 Å². The third-order valence-electron chi connectivity index (χ3n) is 1.87. The normalized spacial score (nSPS) is 12.5. The minimum Gasteiger partial charge on any atom is -0.304 e. The molecule has 1 nitrogen and oxygen atoms in total. The maximum Gasteiger partial charge on any atom is 0.0321 e. The summed E-state index contributed by atoms with van der Waals surface area (Å²) in [7, 11) is 4.22. The second kappa shape index (κ2) is 3.81. The molecule has 0 N–H and O–H groups in total. The van der Waals surface area contributed by atoms with E-state index in [4.69, 9.17) is 0 Å². The van der Waals surface area contributed by atoms with Crippen LogP contribution in [0.3, 0.4) is 0 Å². The maximum atomic E-state index is 2.26. The second-order valence-electron chi connectivity index (χ2n) is 4.75. The number of hydrogen-bond donors (Lipinski definition) is 0. The third-order valence-corrected chi connectivity index (χ3v) is 3.37. The molecule has 1 aromatic rings. The van der Waals surface area contributed by atoms with Crippen LogP contribution in [0.1, 0.15) is 30.5 Å². The van der Waals surface area contributed by atoms with Crippen LogP contribution in [0, 0.1) is 0 Å². The molecule has 0 radical (unpaired) electrons. The van der Waals surface area contributed by atoms with Gasteiger partial charge in [0.05, 0.1) is 0 Å². The summed E-state index contributed by atoms with van der Waals surface area (Å²) < 4.78 is 0. The smallest absolute Gasteiger partial charge is 0.0321 e. The molecule has 0 atom stereocenters. The number of rotatable bonds is 2. The first-order valence-electron chi connectivity index (χ1n) is 4.63. The molecule has 0 spiro atoms. The molecule has 0 amide bonds. The predicted octanol–water partition coefficient (Wildman–Crippen LogP) is 3.11. The van der Waals surface area contributed by atoms with Gasteiger partial charge in [0.25, 0.3) is 0 Å². The van der Waals surface area contributed by atoms with E-state index >= 15 is 0 Å². The molecule has 0 saturated heterocycles. The molecule has 1 aromatic heterocycles. The first kappa shape index (κ1) is 10.7. The van der Waals surface area contributed by atoms with E-state index in [0.29, 0.717) is 5.41 Å². The molecule has 0 saturated carbocycles. The molecule has 0 aliphatic carbocycles. The van der Waals surface area contributed by atoms with Gasteiger partial charge in [-0.15, -0.1) is 11.3 Å². The average molecular weight is 197 g/mol. The first-order chi connectivity index (χ1) is 5.89. The summed E-state index contributed by atoms with van der Waals surface area (Å²) in [4.78, 5) is 5.14. The summed E-state index contributed by atoms with van der Waals surface area (Å²) in [5.41, 5.74) is 0.301. The lowest BCUT2D eigenvalue weighted by Crippen LogP contribution is -2.09. The zero-order chi connectivity index (χ0) is 10.1. The van der Waals surface area contributed by atoms with Gasteiger partial charge in [0.15, 0.2) is 0 Å². The molecule has 2 heteroatoms. The van der Waals surface area contributed by atoms with Crippen LogP contribution in [0.25, 0.3) is 0 Å². The summed E-state index contributed by atoms with van der Waals surface area (Å²) in [5, 5.41) is 0. The van der Waals surface area contributed by atoms with Crippen molar-refractivity contribution in [3.05, 3.63) is 21.9 Å². The van der Waals surface area contributed by atoms with Crippen molar-refractivity contribution in [2.45, 2.75) is 32.7 Å². The van der Waals surface area contributed by atoms with Crippen LogP contribution in [-0.2, 0) is 12.0 Å².